The number of nitriles is 1. The second kappa shape index (κ2) is 10.1. The van der Waals surface area contributed by atoms with Gasteiger partial charge in [0.2, 0.25) is 0 Å². The first-order chi connectivity index (χ1) is 14.2. The first-order valence-electron chi connectivity index (χ1n) is 10.3. The van der Waals surface area contributed by atoms with Gasteiger partial charge < -0.3 is 4.74 Å². The summed E-state index contributed by atoms with van der Waals surface area (Å²) >= 11 is 0. The maximum absolute atomic E-state index is 12.8. The van der Waals surface area contributed by atoms with Gasteiger partial charge in [-0.25, -0.2) is 0 Å². The summed E-state index contributed by atoms with van der Waals surface area (Å²) in [5.74, 6) is 0.477. The van der Waals surface area contributed by atoms with Crippen LogP contribution in [-0.4, -0.2) is 12.4 Å². The van der Waals surface area contributed by atoms with Gasteiger partial charge in [-0.2, -0.15) is 5.26 Å². The normalized spacial score (nSPS) is 14.6. The number of benzene rings is 1. The van der Waals surface area contributed by atoms with Crippen LogP contribution in [0.15, 0.2) is 76.6 Å². The van der Waals surface area contributed by atoms with Crippen LogP contribution in [0.4, 0.5) is 0 Å². The number of ether oxygens (including phenoxy) is 1. The van der Waals surface area contributed by atoms with E-state index >= 15 is 0 Å². The first kappa shape index (κ1) is 23.2. The SMILES string of the molecule is C=C1C=C(C)C=C([C@@H](C(C(C)=O)=C(C)C)c2ccc(C#N)cc2C)C(OCCC)=C1. The third-order valence-electron chi connectivity index (χ3n) is 5.09. The summed E-state index contributed by atoms with van der Waals surface area (Å²) in [7, 11) is 0. The summed E-state index contributed by atoms with van der Waals surface area (Å²) in [4.78, 5) is 12.8. The highest BCUT2D eigenvalue weighted by molar-refractivity contribution is 5.96. The molecule has 0 aromatic heterocycles. The molecule has 0 unspecified atom stereocenters. The van der Waals surface area contributed by atoms with E-state index in [1.807, 2.05) is 58.0 Å². The van der Waals surface area contributed by atoms with Crippen LogP contribution in [0, 0.1) is 18.3 Å². The Bertz CT molecular complexity index is 1020. The monoisotopic (exact) mass is 401 g/mol. The van der Waals surface area contributed by atoms with E-state index < -0.39 is 0 Å². The van der Waals surface area contributed by atoms with Gasteiger partial charge in [-0.1, -0.05) is 42.9 Å². The molecule has 0 heterocycles. The second-order valence-corrected chi connectivity index (χ2v) is 8.01. The number of ketones is 1. The third-order valence-corrected chi connectivity index (χ3v) is 5.09. The van der Waals surface area contributed by atoms with Crippen molar-refractivity contribution < 1.29 is 9.53 Å². The second-order valence-electron chi connectivity index (χ2n) is 8.01. The molecule has 0 N–H and O–H groups in total. The number of aryl methyl sites for hydroxylation is 1. The van der Waals surface area contributed by atoms with Gasteiger partial charge in [0.25, 0.3) is 0 Å². The molecule has 1 atom stereocenters. The van der Waals surface area contributed by atoms with E-state index in [4.69, 9.17) is 4.74 Å². The molecule has 0 amide bonds. The molecule has 0 saturated carbocycles. The van der Waals surface area contributed by atoms with Crippen LogP contribution >= 0.6 is 0 Å². The van der Waals surface area contributed by atoms with E-state index in [0.29, 0.717) is 12.2 Å². The van der Waals surface area contributed by atoms with Crippen molar-refractivity contribution in [3.05, 3.63) is 93.3 Å². The van der Waals surface area contributed by atoms with Crippen LogP contribution in [0.5, 0.6) is 0 Å². The number of hydrogen-bond donors (Lipinski definition) is 0. The molecule has 3 nitrogen and oxygen atoms in total. The minimum Gasteiger partial charge on any atom is -0.493 e. The van der Waals surface area contributed by atoms with Gasteiger partial charge in [0, 0.05) is 17.1 Å². The van der Waals surface area contributed by atoms with Gasteiger partial charge in [-0.15, -0.1) is 0 Å². The Morgan fingerprint density at radius 1 is 1.17 bits per heavy atom. The molecule has 0 saturated heterocycles. The van der Waals surface area contributed by atoms with Gasteiger partial charge in [0.1, 0.15) is 5.76 Å². The van der Waals surface area contributed by atoms with E-state index in [1.54, 1.807) is 6.92 Å². The van der Waals surface area contributed by atoms with Gasteiger partial charge in [-0.3, -0.25) is 4.79 Å². The Balaban J connectivity index is 2.84. The molecule has 30 heavy (non-hydrogen) atoms. The molecular formula is C27H31NO2. The fourth-order valence-corrected chi connectivity index (χ4v) is 3.90. The summed E-state index contributed by atoms with van der Waals surface area (Å²) < 4.78 is 6.15. The Morgan fingerprint density at radius 3 is 2.40 bits per heavy atom. The van der Waals surface area contributed by atoms with Crippen LogP contribution in [-0.2, 0) is 9.53 Å². The van der Waals surface area contributed by atoms with Crippen LogP contribution in [0.25, 0.3) is 0 Å². The first-order valence-corrected chi connectivity index (χ1v) is 10.3. The fourth-order valence-electron chi connectivity index (χ4n) is 3.90. The van der Waals surface area contributed by atoms with E-state index in [-0.39, 0.29) is 11.7 Å². The Labute approximate surface area is 180 Å². The molecule has 0 fully saturated rings. The zero-order valence-corrected chi connectivity index (χ0v) is 18.9. The predicted octanol–water partition coefficient (Wildman–Crippen LogP) is 6.63. The number of carbonyl (C=O) groups is 1. The topological polar surface area (TPSA) is 50.1 Å². The van der Waals surface area contributed by atoms with Crippen molar-refractivity contribution in [2.45, 2.75) is 53.9 Å². The van der Waals surface area contributed by atoms with Gasteiger partial charge in [-0.05, 0) is 75.9 Å². The highest BCUT2D eigenvalue weighted by atomic mass is 16.5. The molecule has 156 valence electrons. The summed E-state index contributed by atoms with van der Waals surface area (Å²) in [5, 5.41) is 9.30. The molecule has 3 heteroatoms. The van der Waals surface area contributed by atoms with E-state index in [0.717, 1.165) is 51.2 Å². The Kier molecular flexibility index (Phi) is 7.78. The smallest absolute Gasteiger partial charge is 0.156 e. The van der Waals surface area contributed by atoms with Gasteiger partial charge in [0.15, 0.2) is 5.78 Å². The van der Waals surface area contributed by atoms with Crippen molar-refractivity contribution >= 4 is 5.78 Å². The molecule has 2 rings (SSSR count). The summed E-state index contributed by atoms with van der Waals surface area (Å²) in [6, 6.07) is 7.85. The number of nitrogens with zero attached hydrogens (tertiary/aromatic N) is 1. The Morgan fingerprint density at radius 2 is 1.87 bits per heavy atom. The lowest BCUT2D eigenvalue weighted by Crippen LogP contribution is -2.17. The molecule has 0 radical (unpaired) electrons. The molecule has 1 aliphatic carbocycles. The lowest BCUT2D eigenvalue weighted by molar-refractivity contribution is -0.113. The summed E-state index contributed by atoms with van der Waals surface area (Å²) in [6.45, 7) is 16.3. The van der Waals surface area contributed by atoms with Crippen molar-refractivity contribution in [2.75, 3.05) is 6.61 Å². The van der Waals surface area contributed by atoms with Gasteiger partial charge in [0.05, 0.1) is 18.2 Å². The summed E-state index contributed by atoms with van der Waals surface area (Å²) in [6.07, 6.45) is 6.94. The van der Waals surface area contributed by atoms with E-state index in [2.05, 4.69) is 25.6 Å². The predicted molar refractivity (Wildman–Crippen MR) is 123 cm³/mol. The third kappa shape index (κ3) is 5.27. The minimum atomic E-state index is -0.294. The fraction of sp³-hybridized carbons (Fsp3) is 0.333. The number of Topliss-reactive ketones (excluding diaryl/α,β-unsaturated/α-hetero) is 1. The highest BCUT2D eigenvalue weighted by Gasteiger charge is 2.30. The van der Waals surface area contributed by atoms with Crippen molar-refractivity contribution in [3.63, 3.8) is 0 Å². The van der Waals surface area contributed by atoms with Crippen LogP contribution in [0.1, 0.15) is 63.6 Å². The maximum atomic E-state index is 12.8. The van der Waals surface area contributed by atoms with E-state index in [9.17, 15) is 10.1 Å². The number of hydrogen-bond acceptors (Lipinski definition) is 3. The zero-order valence-electron chi connectivity index (χ0n) is 18.9. The lowest BCUT2D eigenvalue weighted by Gasteiger charge is -2.27. The molecule has 1 aromatic carbocycles. The number of carbonyl (C=O) groups excluding carboxylic acids is 1. The molecule has 0 aliphatic heterocycles. The minimum absolute atomic E-state index is 0.0317. The van der Waals surface area contributed by atoms with Crippen LogP contribution < -0.4 is 0 Å². The van der Waals surface area contributed by atoms with Crippen molar-refractivity contribution in [1.29, 1.82) is 5.26 Å². The maximum Gasteiger partial charge on any atom is 0.156 e. The van der Waals surface area contributed by atoms with Crippen molar-refractivity contribution in [2.24, 2.45) is 0 Å². The van der Waals surface area contributed by atoms with Crippen LogP contribution in [0.2, 0.25) is 0 Å². The molecular weight excluding hydrogens is 370 g/mol. The lowest BCUT2D eigenvalue weighted by atomic mass is 9.77. The molecule has 0 spiro atoms. The summed E-state index contributed by atoms with van der Waals surface area (Å²) in [5.41, 5.74) is 7.15. The van der Waals surface area contributed by atoms with E-state index in [1.165, 1.54) is 0 Å². The largest absolute Gasteiger partial charge is 0.493 e. The van der Waals surface area contributed by atoms with Crippen LogP contribution in [0.3, 0.4) is 0 Å². The highest BCUT2D eigenvalue weighted by Crippen LogP contribution is 2.41. The molecule has 0 bridgehead atoms. The Hall–Kier alpha value is -3.12. The molecule has 1 aliphatic rings. The van der Waals surface area contributed by atoms with Crippen molar-refractivity contribution in [3.8, 4) is 6.07 Å². The average Bonchev–Trinajstić information content (AvgIpc) is 2.80. The average molecular weight is 402 g/mol. The van der Waals surface area contributed by atoms with Crippen molar-refractivity contribution in [1.82, 2.24) is 0 Å². The molecule has 1 aromatic rings. The zero-order chi connectivity index (χ0) is 22.4. The quantitative estimate of drug-likeness (QED) is 0.482. The number of rotatable bonds is 7. The number of allylic oxidation sites excluding steroid dienone is 8. The standard InChI is InChI=1S/C27H31NO2/c1-8-11-30-25-14-19(5)12-18(4)13-24(25)27(26(17(2)3)21(7)29)23-10-9-22(16-28)15-20(23)6/h9-10,12-15,27H,5,8,11H2,1-4,6-7H3/t27-/m0/s1. The van der Waals surface area contributed by atoms with Gasteiger partial charge >= 0.3 is 0 Å².